The Labute approximate surface area is 338 Å². The van der Waals surface area contributed by atoms with Crippen molar-refractivity contribution in [1.82, 2.24) is 20.6 Å². The number of halogens is 4. The van der Waals surface area contributed by atoms with E-state index in [-0.39, 0.29) is 34.0 Å². The summed E-state index contributed by atoms with van der Waals surface area (Å²) in [4.78, 5) is 19.3. The van der Waals surface area contributed by atoms with Gasteiger partial charge in [0.15, 0.2) is 19.7 Å². The number of aromatic nitrogens is 2. The number of benzene rings is 3. The largest absolute Gasteiger partial charge is 0.473 e. The van der Waals surface area contributed by atoms with E-state index < -0.39 is 40.8 Å². The molecule has 4 heterocycles. The van der Waals surface area contributed by atoms with Crippen LogP contribution in [0.5, 0.6) is 5.88 Å². The van der Waals surface area contributed by atoms with Crippen LogP contribution in [-0.4, -0.2) is 52.0 Å². The zero-order chi connectivity index (χ0) is 40.2. The Morgan fingerprint density at radius 1 is 0.702 bits per heavy atom. The van der Waals surface area contributed by atoms with Crippen LogP contribution in [0.1, 0.15) is 53.8 Å². The van der Waals surface area contributed by atoms with E-state index in [9.17, 15) is 30.4 Å². The van der Waals surface area contributed by atoms with Crippen molar-refractivity contribution in [3.8, 4) is 5.88 Å². The second-order valence-corrected chi connectivity index (χ2v) is 19.9. The van der Waals surface area contributed by atoms with Crippen molar-refractivity contribution in [1.29, 1.82) is 0 Å². The van der Waals surface area contributed by atoms with Crippen LogP contribution in [0.15, 0.2) is 106 Å². The molecule has 0 amide bonds. The Morgan fingerprint density at radius 2 is 1.23 bits per heavy atom. The van der Waals surface area contributed by atoms with Gasteiger partial charge in [-0.25, -0.2) is 30.6 Å². The summed E-state index contributed by atoms with van der Waals surface area (Å²) in [6, 6.07) is 21.3. The Kier molecular flexibility index (Phi) is 10.6. The Morgan fingerprint density at radius 3 is 1.81 bits per heavy atom. The first-order valence-corrected chi connectivity index (χ1v) is 22.3. The lowest BCUT2D eigenvalue weighted by molar-refractivity contribution is 0.291. The van der Waals surface area contributed by atoms with Gasteiger partial charge in [0, 0.05) is 51.2 Å². The summed E-state index contributed by atoms with van der Waals surface area (Å²) < 4.78 is 85.0. The monoisotopic (exact) mass is 854 g/mol. The molecular weight excluding hydrogens is 818 g/mol. The highest BCUT2D eigenvalue weighted by molar-refractivity contribution is 7.92. The van der Waals surface area contributed by atoms with Crippen molar-refractivity contribution in [3.63, 3.8) is 0 Å². The van der Waals surface area contributed by atoms with Gasteiger partial charge in [0.2, 0.25) is 11.4 Å². The topological polar surface area (TPSA) is 147 Å². The number of H-pyrrole nitrogens is 1. The summed E-state index contributed by atoms with van der Waals surface area (Å²) in [7, 11) is -7.57. The first-order chi connectivity index (χ1) is 27.3. The van der Waals surface area contributed by atoms with Crippen LogP contribution >= 0.6 is 23.2 Å². The molecule has 2 aromatic heterocycles. The molecule has 3 N–H and O–H groups in total. The van der Waals surface area contributed by atoms with Gasteiger partial charge in [-0.05, 0) is 123 Å². The third kappa shape index (κ3) is 6.67. The molecule has 4 aliphatic rings. The number of hydrogen-bond acceptors (Lipinski definition) is 9. The van der Waals surface area contributed by atoms with Crippen LogP contribution in [0, 0.1) is 11.6 Å². The fourth-order valence-electron chi connectivity index (χ4n) is 9.07. The van der Waals surface area contributed by atoms with Crippen molar-refractivity contribution in [2.24, 2.45) is 0 Å². The summed E-state index contributed by atoms with van der Waals surface area (Å²) in [5.41, 5.74) is 3.16. The van der Waals surface area contributed by atoms with E-state index in [2.05, 4.69) is 20.6 Å². The maximum absolute atomic E-state index is 13.9. The smallest absolute Gasteiger partial charge is 0.248 e. The molecule has 0 saturated carbocycles. The van der Waals surface area contributed by atoms with Crippen molar-refractivity contribution < 1.29 is 30.4 Å². The molecule has 2 saturated heterocycles. The van der Waals surface area contributed by atoms with Crippen LogP contribution < -0.4 is 20.9 Å². The maximum Gasteiger partial charge on any atom is 0.248 e. The average molecular weight is 856 g/mol. The van der Waals surface area contributed by atoms with Crippen LogP contribution in [0.2, 0.25) is 10.0 Å². The molecule has 3 aromatic carbocycles. The van der Waals surface area contributed by atoms with E-state index in [1.165, 1.54) is 42.5 Å². The summed E-state index contributed by atoms with van der Waals surface area (Å²) >= 11 is 12.5. The highest BCUT2D eigenvalue weighted by Crippen LogP contribution is 2.50. The number of ether oxygens (including phenoxy) is 1. The predicted molar refractivity (Wildman–Crippen MR) is 212 cm³/mol. The number of rotatable bonds is 7. The molecule has 4 atom stereocenters. The number of pyridine rings is 2. The summed E-state index contributed by atoms with van der Waals surface area (Å²) in [5, 5.41) is 7.67. The third-order valence-electron chi connectivity index (χ3n) is 11.7. The van der Waals surface area contributed by atoms with E-state index in [4.69, 9.17) is 27.9 Å². The van der Waals surface area contributed by atoms with Gasteiger partial charge >= 0.3 is 0 Å². The van der Waals surface area contributed by atoms with Gasteiger partial charge in [0.1, 0.15) is 27.7 Å². The highest BCUT2D eigenvalue weighted by Gasteiger charge is 2.58. The molecule has 2 fully saturated rings. The Hall–Kier alpha value is -4.18. The van der Waals surface area contributed by atoms with E-state index >= 15 is 0 Å². The van der Waals surface area contributed by atoms with E-state index in [0.29, 0.717) is 95.6 Å². The molecule has 4 unspecified atom stereocenters. The van der Waals surface area contributed by atoms with Gasteiger partial charge in [-0.15, -0.1) is 0 Å². The van der Waals surface area contributed by atoms with E-state index in [1.54, 1.807) is 36.4 Å². The number of nitrogens with one attached hydrogen (secondary N) is 3. The second-order valence-electron chi connectivity index (χ2n) is 14.6. The number of sulfone groups is 2. The molecule has 0 radical (unpaired) electrons. The van der Waals surface area contributed by atoms with Crippen LogP contribution in [0.4, 0.5) is 8.78 Å². The molecule has 2 aliphatic carbocycles. The molecule has 298 valence electrons. The van der Waals surface area contributed by atoms with Crippen LogP contribution in [0.3, 0.4) is 0 Å². The van der Waals surface area contributed by atoms with Crippen molar-refractivity contribution >= 4 is 42.9 Å². The number of aryl methyl sites for hydroxylation is 2. The van der Waals surface area contributed by atoms with Gasteiger partial charge in [-0.2, -0.15) is 0 Å². The quantitative estimate of drug-likeness (QED) is 0.155. The minimum Gasteiger partial charge on any atom is -0.473 e. The lowest BCUT2D eigenvalue weighted by Gasteiger charge is -2.39. The van der Waals surface area contributed by atoms with Crippen molar-refractivity contribution in [3.05, 3.63) is 151 Å². The molecule has 10 nitrogen and oxygen atoms in total. The van der Waals surface area contributed by atoms with Gasteiger partial charge in [-0.3, -0.25) is 4.79 Å². The van der Waals surface area contributed by atoms with Crippen LogP contribution in [-0.2, 0) is 48.6 Å². The second kappa shape index (κ2) is 15.2. The summed E-state index contributed by atoms with van der Waals surface area (Å²) in [5.74, 6) is -0.567. The maximum atomic E-state index is 13.9. The standard InChI is InChI=1S/C24H21Cl2FN2O3S.C17H17FN2O3S/c25-19-2-1-3-20(26)17(19)14-32-23-11-8-18-21(29-23)9-10-22-24(18,12-13-28-22)33(30,31)16-6-4-15(27)5-7-16;18-11-1-3-12(4-2-11)24(22,23)17-9-10-19-15(17)7-6-14-13(17)5-8-16(21)20-14/h1-8,11,22,28H,9-10,12-14H2;1-5,8,15,19H,6-7,9-10H2,(H,20,21). The van der Waals surface area contributed by atoms with Crippen molar-refractivity contribution in [2.75, 3.05) is 13.1 Å². The summed E-state index contributed by atoms with van der Waals surface area (Å²) in [6.07, 6.45) is 3.35. The normalized spacial score (nSPS) is 23.6. The SMILES string of the molecule is O=S(=O)(c1ccc(F)cc1)C12CCNC1CCc1nc(OCc3c(Cl)cccc3Cl)ccc12.O=c1ccc2c([nH]1)CCC1NCCC21S(=O)(=O)c1ccc(F)cc1. The Balaban J connectivity index is 0.000000168. The fourth-order valence-corrected chi connectivity index (χ4v) is 14.3. The molecule has 9 rings (SSSR count). The molecule has 2 aliphatic heterocycles. The predicted octanol–water partition coefficient (Wildman–Crippen LogP) is 6.58. The van der Waals surface area contributed by atoms with Crippen molar-refractivity contribution in [2.45, 2.75) is 76.5 Å². The minimum atomic E-state index is -3.81. The molecule has 5 aromatic rings. The molecule has 57 heavy (non-hydrogen) atoms. The minimum absolute atomic E-state index is 0.108. The first kappa shape index (κ1) is 39.6. The lowest BCUT2D eigenvalue weighted by atomic mass is 9.81. The number of aromatic amines is 1. The zero-order valence-corrected chi connectivity index (χ0v) is 33.5. The van der Waals surface area contributed by atoms with Crippen LogP contribution in [0.25, 0.3) is 0 Å². The molecular formula is C41H38Cl2F2N4O6S2. The number of nitrogens with zero attached hydrogens (tertiary/aromatic N) is 1. The molecule has 0 bridgehead atoms. The van der Waals surface area contributed by atoms with Gasteiger partial charge in [0.05, 0.1) is 9.79 Å². The van der Waals surface area contributed by atoms with Gasteiger partial charge in [-0.1, -0.05) is 41.4 Å². The van der Waals surface area contributed by atoms with Gasteiger partial charge < -0.3 is 20.4 Å². The number of hydrogen-bond donors (Lipinski definition) is 3. The van der Waals surface area contributed by atoms with E-state index in [1.807, 2.05) is 0 Å². The molecule has 0 spiro atoms. The van der Waals surface area contributed by atoms with Gasteiger partial charge in [0.25, 0.3) is 0 Å². The third-order valence-corrected chi connectivity index (χ3v) is 17.6. The number of fused-ring (bicyclic) bond motifs is 6. The lowest BCUT2D eigenvalue weighted by Crippen LogP contribution is -2.50. The first-order valence-electron chi connectivity index (χ1n) is 18.5. The highest BCUT2D eigenvalue weighted by atomic mass is 35.5. The van der Waals surface area contributed by atoms with E-state index in [0.717, 1.165) is 12.1 Å². The summed E-state index contributed by atoms with van der Waals surface area (Å²) in [6.45, 7) is 1.31. The fraction of sp³-hybridized carbons (Fsp3) is 0.317. The Bertz CT molecular complexity index is 2610. The zero-order valence-electron chi connectivity index (χ0n) is 30.4. The molecule has 16 heteroatoms. The average Bonchev–Trinajstić information content (AvgIpc) is 3.85.